The molecule has 4 bridgehead atoms. The lowest BCUT2D eigenvalue weighted by Gasteiger charge is -2.56. The van der Waals surface area contributed by atoms with E-state index in [9.17, 15) is 4.57 Å². The van der Waals surface area contributed by atoms with Crippen LogP contribution in [-0.2, 0) is 14.8 Å². The molecule has 0 radical (unpaired) electrons. The van der Waals surface area contributed by atoms with Gasteiger partial charge in [0.2, 0.25) is 0 Å². The Labute approximate surface area is 144 Å². The van der Waals surface area contributed by atoms with Gasteiger partial charge in [-0.2, -0.15) is 0 Å². The van der Waals surface area contributed by atoms with Crippen molar-refractivity contribution >= 4 is 18.0 Å². The Bertz CT molecular complexity index is 565. The maximum Gasteiger partial charge on any atom is 0.255 e. The molecule has 0 heterocycles. The summed E-state index contributed by atoms with van der Waals surface area (Å²) in [5.41, 5.74) is 1.58. The van der Waals surface area contributed by atoms with Gasteiger partial charge in [-0.05, 0) is 67.3 Å². The van der Waals surface area contributed by atoms with E-state index in [1.54, 1.807) is 6.66 Å². The molecule has 4 saturated carbocycles. The van der Waals surface area contributed by atoms with Crippen molar-refractivity contribution in [3.8, 4) is 0 Å². The summed E-state index contributed by atoms with van der Waals surface area (Å²) in [5.74, 6) is 3.56. The molecule has 23 heavy (non-hydrogen) atoms. The fraction of sp³-hybridized carbons (Fsp3) is 0.684. The fourth-order valence-electron chi connectivity index (χ4n) is 5.52. The highest BCUT2D eigenvalue weighted by molar-refractivity contribution is 8.56. The van der Waals surface area contributed by atoms with E-state index in [1.807, 2.05) is 18.2 Å². The van der Waals surface area contributed by atoms with Crippen LogP contribution in [0.4, 0.5) is 0 Å². The van der Waals surface area contributed by atoms with Crippen LogP contribution in [0.25, 0.3) is 0 Å². The summed E-state index contributed by atoms with van der Waals surface area (Å²) in [5, 5.41) is 0. The minimum atomic E-state index is -2.56. The van der Waals surface area contributed by atoms with Gasteiger partial charge in [0.05, 0.1) is 6.61 Å². The van der Waals surface area contributed by atoms with E-state index in [4.69, 9.17) is 4.52 Å². The predicted molar refractivity (Wildman–Crippen MR) is 97.8 cm³/mol. The second kappa shape index (κ2) is 6.24. The molecular weight excluding hydrogens is 323 g/mol. The second-order valence-corrected chi connectivity index (χ2v) is 13.3. The molecule has 1 atom stereocenters. The van der Waals surface area contributed by atoms with E-state index in [-0.39, 0.29) is 0 Å². The molecule has 0 unspecified atom stereocenters. The van der Waals surface area contributed by atoms with Gasteiger partial charge in [0, 0.05) is 12.4 Å². The Hall–Kier alpha value is -0.240. The van der Waals surface area contributed by atoms with Crippen molar-refractivity contribution < 1.29 is 9.09 Å². The molecule has 126 valence electrons. The monoisotopic (exact) mass is 350 g/mol. The summed E-state index contributed by atoms with van der Waals surface area (Å²) in [6.45, 7) is -0.0294. The van der Waals surface area contributed by atoms with Gasteiger partial charge < -0.3 is 4.52 Å². The van der Waals surface area contributed by atoms with Gasteiger partial charge in [-0.1, -0.05) is 41.7 Å². The molecule has 1 aromatic carbocycles. The molecule has 4 fully saturated rings. The van der Waals surface area contributed by atoms with Crippen molar-refractivity contribution in [1.29, 1.82) is 0 Å². The van der Waals surface area contributed by atoms with Crippen LogP contribution in [0.2, 0.25) is 0 Å². The standard InChI is InChI=1S/C19H27O2PS/c1-22(20,23-13-15-5-3-2-4-6-15)21-14-19-10-16-7-17(11-19)9-18(8-16)12-19/h2-6,16-18H,7-14H2,1H3/t16-,17+,18-,19?,22-/m0/s1. The molecule has 5 rings (SSSR count). The molecule has 0 N–H and O–H groups in total. The predicted octanol–water partition coefficient (Wildman–Crippen LogP) is 5.98. The van der Waals surface area contributed by atoms with Crippen molar-refractivity contribution in [3.63, 3.8) is 0 Å². The summed E-state index contributed by atoms with van der Waals surface area (Å²) >= 11 is 1.49. The molecule has 0 aromatic heterocycles. The van der Waals surface area contributed by atoms with E-state index < -0.39 is 6.57 Å². The third-order valence-electron chi connectivity index (χ3n) is 6.08. The zero-order valence-corrected chi connectivity index (χ0v) is 15.7. The Kier molecular flexibility index (Phi) is 4.41. The molecule has 0 spiro atoms. The highest BCUT2D eigenvalue weighted by Gasteiger charge is 2.51. The molecule has 0 saturated heterocycles. The topological polar surface area (TPSA) is 26.3 Å². The average Bonchev–Trinajstić information content (AvgIpc) is 2.51. The summed E-state index contributed by atoms with van der Waals surface area (Å²) in [6.07, 6.45) is 8.32. The summed E-state index contributed by atoms with van der Waals surface area (Å²) < 4.78 is 18.9. The molecule has 4 aliphatic rings. The van der Waals surface area contributed by atoms with Crippen LogP contribution in [0.15, 0.2) is 30.3 Å². The third-order valence-corrected chi connectivity index (χ3v) is 9.72. The van der Waals surface area contributed by atoms with E-state index in [2.05, 4.69) is 12.1 Å². The van der Waals surface area contributed by atoms with Crippen molar-refractivity contribution in [2.24, 2.45) is 23.2 Å². The SMILES string of the molecule is C[P@](=O)(OCC12C[C@H]3C[C@@H](C1)C[C@@H](C2)C3)SCc1ccccc1. The van der Waals surface area contributed by atoms with E-state index in [0.717, 1.165) is 30.1 Å². The largest absolute Gasteiger partial charge is 0.321 e. The first kappa shape index (κ1) is 16.2. The van der Waals surface area contributed by atoms with Crippen LogP contribution < -0.4 is 0 Å². The first-order chi connectivity index (χ1) is 11.0. The average molecular weight is 350 g/mol. The quantitative estimate of drug-likeness (QED) is 0.591. The van der Waals surface area contributed by atoms with Crippen molar-refractivity contribution in [3.05, 3.63) is 35.9 Å². The first-order valence-corrected chi connectivity index (χ1v) is 12.6. The number of hydrogen-bond acceptors (Lipinski definition) is 3. The lowest BCUT2D eigenvalue weighted by molar-refractivity contribution is -0.0735. The maximum absolute atomic E-state index is 12.8. The maximum atomic E-state index is 12.8. The van der Waals surface area contributed by atoms with Gasteiger partial charge in [-0.15, -0.1) is 0 Å². The highest BCUT2D eigenvalue weighted by atomic mass is 32.7. The van der Waals surface area contributed by atoms with Crippen LogP contribution in [-0.4, -0.2) is 13.3 Å². The van der Waals surface area contributed by atoms with E-state index in [0.29, 0.717) is 5.41 Å². The molecule has 4 heteroatoms. The normalized spacial score (nSPS) is 37.7. The first-order valence-electron chi connectivity index (χ1n) is 8.92. The minimum Gasteiger partial charge on any atom is -0.321 e. The summed E-state index contributed by atoms with van der Waals surface area (Å²) in [7, 11) is 0. The lowest BCUT2D eigenvalue weighted by Crippen LogP contribution is -2.48. The van der Waals surface area contributed by atoms with Crippen LogP contribution >= 0.6 is 18.0 Å². The van der Waals surface area contributed by atoms with E-state index >= 15 is 0 Å². The van der Waals surface area contributed by atoms with Gasteiger partial charge in [0.15, 0.2) is 0 Å². The zero-order chi connectivity index (χ0) is 15.9. The Balaban J connectivity index is 1.34. The van der Waals surface area contributed by atoms with Gasteiger partial charge in [-0.3, -0.25) is 4.57 Å². The van der Waals surface area contributed by atoms with Crippen LogP contribution in [0.1, 0.15) is 44.1 Å². The summed E-state index contributed by atoms with van der Waals surface area (Å²) in [4.78, 5) is 0. The second-order valence-electron chi connectivity index (χ2n) is 8.22. The van der Waals surface area contributed by atoms with Crippen LogP contribution in [0.3, 0.4) is 0 Å². The van der Waals surface area contributed by atoms with Gasteiger partial charge in [0.1, 0.15) is 0 Å². The van der Waals surface area contributed by atoms with Gasteiger partial charge in [0.25, 0.3) is 6.57 Å². The smallest absolute Gasteiger partial charge is 0.255 e. The zero-order valence-electron chi connectivity index (χ0n) is 13.9. The van der Waals surface area contributed by atoms with Crippen LogP contribution in [0, 0.1) is 23.2 Å². The Morgan fingerprint density at radius 2 is 1.65 bits per heavy atom. The number of rotatable bonds is 6. The van der Waals surface area contributed by atoms with Crippen molar-refractivity contribution in [1.82, 2.24) is 0 Å². The number of benzene rings is 1. The molecular formula is C19H27O2PS. The molecule has 0 aliphatic heterocycles. The van der Waals surface area contributed by atoms with Crippen molar-refractivity contribution in [2.75, 3.05) is 13.3 Å². The Morgan fingerprint density at radius 3 is 2.22 bits per heavy atom. The van der Waals surface area contributed by atoms with Gasteiger partial charge in [-0.25, -0.2) is 0 Å². The molecule has 4 aliphatic carbocycles. The Morgan fingerprint density at radius 1 is 1.09 bits per heavy atom. The summed E-state index contributed by atoms with van der Waals surface area (Å²) in [6, 6.07) is 10.3. The molecule has 0 amide bonds. The number of hydrogen-bond donors (Lipinski definition) is 0. The highest BCUT2D eigenvalue weighted by Crippen LogP contribution is 2.63. The van der Waals surface area contributed by atoms with Crippen molar-refractivity contribution in [2.45, 2.75) is 44.3 Å². The molecule has 2 nitrogen and oxygen atoms in total. The third kappa shape index (κ3) is 3.72. The van der Waals surface area contributed by atoms with E-state index in [1.165, 1.54) is 55.5 Å². The van der Waals surface area contributed by atoms with Crippen LogP contribution in [0.5, 0.6) is 0 Å². The molecule has 1 aromatic rings. The van der Waals surface area contributed by atoms with Gasteiger partial charge >= 0.3 is 0 Å². The minimum absolute atomic E-state index is 0.355. The fourth-order valence-corrected chi connectivity index (χ4v) is 8.22. The lowest BCUT2D eigenvalue weighted by atomic mass is 9.50.